The van der Waals surface area contributed by atoms with E-state index in [1.807, 2.05) is 0 Å². The van der Waals surface area contributed by atoms with Gasteiger partial charge in [0, 0.05) is 14.2 Å². The molecule has 0 aliphatic rings. The predicted molar refractivity (Wildman–Crippen MR) is 43.4 cm³/mol. The number of aliphatic hydroxyl groups is 2. The number of rotatable bonds is 0. The fourth-order valence-corrected chi connectivity index (χ4v) is 0. The molecule has 0 heterocycles. The van der Waals surface area contributed by atoms with E-state index in [4.69, 9.17) is 15.3 Å². The number of carbonyl (C=O) groups is 1. The molecule has 0 radical (unpaired) electrons. The normalized spacial score (nSPS) is 8.27. The molecule has 0 aliphatic carbocycles. The third-order valence-electron chi connectivity index (χ3n) is 0.642. The number of carboxylic acids is 1. The summed E-state index contributed by atoms with van der Waals surface area (Å²) in [5, 5.41) is 22.2. The van der Waals surface area contributed by atoms with Gasteiger partial charge in [0.25, 0.3) is 0 Å². The van der Waals surface area contributed by atoms with Gasteiger partial charge in [0.1, 0.15) is 0 Å². The van der Waals surface area contributed by atoms with Crippen molar-refractivity contribution in [3.63, 3.8) is 0 Å². The Morgan fingerprint density at radius 3 is 1.09 bits per heavy atom. The summed E-state index contributed by atoms with van der Waals surface area (Å²) in [6, 6.07) is 0. The van der Waals surface area contributed by atoms with Crippen molar-refractivity contribution in [1.82, 2.24) is 0 Å². The van der Waals surface area contributed by atoms with Gasteiger partial charge in [-0.15, -0.1) is 0 Å². The molecule has 0 amide bonds. The van der Waals surface area contributed by atoms with Gasteiger partial charge in [0.05, 0.1) is 5.41 Å². The van der Waals surface area contributed by atoms with Crippen LogP contribution in [0.2, 0.25) is 0 Å². The van der Waals surface area contributed by atoms with Crippen LogP contribution < -0.4 is 0 Å². The monoisotopic (exact) mass is 166 g/mol. The van der Waals surface area contributed by atoms with E-state index in [0.29, 0.717) is 0 Å². The predicted octanol–water partition coefficient (Wildman–Crippen LogP) is 0.334. The standard InChI is InChI=1S/C5H10O2.2CH4O/c1-5(2,3)4(6)7;2*1-2/h1-3H3,(H,6,7);2*2H,1H3. The van der Waals surface area contributed by atoms with Crippen LogP contribution in [0, 0.1) is 5.41 Å². The lowest BCUT2D eigenvalue weighted by Crippen LogP contribution is -2.18. The lowest BCUT2D eigenvalue weighted by molar-refractivity contribution is -0.145. The van der Waals surface area contributed by atoms with Gasteiger partial charge in [-0.1, -0.05) is 0 Å². The highest BCUT2D eigenvalue weighted by Gasteiger charge is 2.18. The second kappa shape index (κ2) is 9.39. The highest BCUT2D eigenvalue weighted by atomic mass is 16.4. The van der Waals surface area contributed by atoms with Crippen LogP contribution >= 0.6 is 0 Å². The molecule has 0 fully saturated rings. The summed E-state index contributed by atoms with van der Waals surface area (Å²) >= 11 is 0. The van der Waals surface area contributed by atoms with Crippen LogP contribution in [0.3, 0.4) is 0 Å². The summed E-state index contributed by atoms with van der Waals surface area (Å²) < 4.78 is 0. The summed E-state index contributed by atoms with van der Waals surface area (Å²) in [6.07, 6.45) is 0. The zero-order valence-electron chi connectivity index (χ0n) is 7.75. The van der Waals surface area contributed by atoms with Crippen molar-refractivity contribution in [3.05, 3.63) is 0 Å². The maximum Gasteiger partial charge on any atom is 0.308 e. The molecule has 0 bridgehead atoms. The molecule has 0 aromatic heterocycles. The van der Waals surface area contributed by atoms with E-state index in [2.05, 4.69) is 0 Å². The Morgan fingerprint density at radius 2 is 1.09 bits per heavy atom. The quantitative estimate of drug-likeness (QED) is 0.484. The number of hydrogen-bond acceptors (Lipinski definition) is 3. The molecule has 0 rings (SSSR count). The van der Waals surface area contributed by atoms with Crippen LogP contribution in [0.4, 0.5) is 0 Å². The lowest BCUT2D eigenvalue weighted by atomic mass is 9.98. The van der Waals surface area contributed by atoms with E-state index in [9.17, 15) is 4.79 Å². The van der Waals surface area contributed by atoms with E-state index in [-0.39, 0.29) is 0 Å². The Morgan fingerprint density at radius 1 is 1.00 bits per heavy atom. The number of hydrogen-bond donors (Lipinski definition) is 3. The molecule has 0 spiro atoms. The van der Waals surface area contributed by atoms with Crippen LogP contribution in [0.25, 0.3) is 0 Å². The van der Waals surface area contributed by atoms with E-state index < -0.39 is 11.4 Å². The number of carboxylic acid groups (broad SMARTS) is 1. The van der Waals surface area contributed by atoms with Gasteiger partial charge in [-0.25, -0.2) is 0 Å². The lowest BCUT2D eigenvalue weighted by Gasteiger charge is -2.08. The minimum Gasteiger partial charge on any atom is -0.481 e. The summed E-state index contributed by atoms with van der Waals surface area (Å²) in [7, 11) is 2.00. The largest absolute Gasteiger partial charge is 0.481 e. The number of aliphatic hydroxyl groups excluding tert-OH is 2. The van der Waals surface area contributed by atoms with Crippen LogP contribution in [-0.2, 0) is 4.79 Å². The second-order valence-electron chi connectivity index (χ2n) is 2.56. The van der Waals surface area contributed by atoms with Crippen molar-refractivity contribution in [2.24, 2.45) is 5.41 Å². The van der Waals surface area contributed by atoms with Gasteiger partial charge < -0.3 is 15.3 Å². The molecule has 0 saturated carbocycles. The van der Waals surface area contributed by atoms with Gasteiger partial charge in [0.15, 0.2) is 0 Å². The topological polar surface area (TPSA) is 77.8 Å². The van der Waals surface area contributed by atoms with E-state index in [0.717, 1.165) is 14.2 Å². The molecule has 11 heavy (non-hydrogen) atoms. The fraction of sp³-hybridized carbons (Fsp3) is 0.857. The second-order valence-corrected chi connectivity index (χ2v) is 2.56. The first-order valence-corrected chi connectivity index (χ1v) is 3.07. The van der Waals surface area contributed by atoms with Crippen molar-refractivity contribution in [2.45, 2.75) is 20.8 Å². The van der Waals surface area contributed by atoms with Gasteiger partial charge in [-0.3, -0.25) is 4.79 Å². The zero-order valence-corrected chi connectivity index (χ0v) is 7.75. The summed E-state index contributed by atoms with van der Waals surface area (Å²) in [5.74, 6) is -0.757. The molecule has 0 saturated heterocycles. The maximum absolute atomic E-state index is 10.0. The first kappa shape index (κ1) is 16.8. The first-order chi connectivity index (χ1) is 4.94. The molecule has 0 atom stereocenters. The summed E-state index contributed by atoms with van der Waals surface area (Å²) in [6.45, 7) is 4.99. The van der Waals surface area contributed by atoms with Crippen LogP contribution in [0.15, 0.2) is 0 Å². The van der Waals surface area contributed by atoms with Crippen molar-refractivity contribution in [2.75, 3.05) is 14.2 Å². The maximum atomic E-state index is 10.0. The highest BCUT2D eigenvalue weighted by molar-refractivity contribution is 5.72. The van der Waals surface area contributed by atoms with Gasteiger partial charge in [-0.05, 0) is 20.8 Å². The van der Waals surface area contributed by atoms with Crippen molar-refractivity contribution in [3.8, 4) is 0 Å². The average Bonchev–Trinajstić information content (AvgIpc) is 1.95. The minimum absolute atomic E-state index is 0.583. The Bertz CT molecular complexity index is 82.9. The molecule has 0 unspecified atom stereocenters. The molecular formula is C7H18O4. The van der Waals surface area contributed by atoms with Gasteiger partial charge in [-0.2, -0.15) is 0 Å². The Hall–Kier alpha value is -0.610. The number of aliphatic carboxylic acids is 1. The van der Waals surface area contributed by atoms with Crippen LogP contribution in [0.1, 0.15) is 20.8 Å². The highest BCUT2D eigenvalue weighted by Crippen LogP contribution is 2.11. The third kappa shape index (κ3) is 17.7. The Kier molecular flexibility index (Phi) is 14.3. The molecule has 4 heteroatoms. The first-order valence-electron chi connectivity index (χ1n) is 3.07. The average molecular weight is 166 g/mol. The minimum atomic E-state index is -0.757. The summed E-state index contributed by atoms with van der Waals surface area (Å²) in [5.41, 5.74) is -0.583. The van der Waals surface area contributed by atoms with Crippen molar-refractivity contribution in [1.29, 1.82) is 0 Å². The fourth-order valence-electron chi connectivity index (χ4n) is 0. The Balaban J connectivity index is -0.000000138. The third-order valence-corrected chi connectivity index (χ3v) is 0.642. The Labute approximate surface area is 67.5 Å². The van der Waals surface area contributed by atoms with Gasteiger partial charge in [0.2, 0.25) is 0 Å². The molecule has 0 aromatic carbocycles. The molecule has 0 aliphatic heterocycles. The smallest absolute Gasteiger partial charge is 0.308 e. The molecule has 0 aromatic rings. The SMILES string of the molecule is CC(C)(C)C(=O)O.CO.CO. The van der Waals surface area contributed by atoms with Crippen LogP contribution in [0.5, 0.6) is 0 Å². The molecule has 3 N–H and O–H groups in total. The molecule has 4 nitrogen and oxygen atoms in total. The van der Waals surface area contributed by atoms with Gasteiger partial charge >= 0.3 is 5.97 Å². The molecule has 70 valence electrons. The van der Waals surface area contributed by atoms with Crippen molar-refractivity contribution < 1.29 is 20.1 Å². The van der Waals surface area contributed by atoms with Crippen LogP contribution in [-0.4, -0.2) is 35.5 Å². The van der Waals surface area contributed by atoms with Crippen molar-refractivity contribution >= 4 is 5.97 Å². The summed E-state index contributed by atoms with van der Waals surface area (Å²) in [4.78, 5) is 10.0. The molecular weight excluding hydrogens is 148 g/mol. The van der Waals surface area contributed by atoms with E-state index >= 15 is 0 Å². The zero-order chi connectivity index (χ0) is 10.1. The van der Waals surface area contributed by atoms with E-state index in [1.165, 1.54) is 0 Å². The van der Waals surface area contributed by atoms with E-state index in [1.54, 1.807) is 20.8 Å².